The number of ether oxygens (including phenoxy) is 2. The highest BCUT2D eigenvalue weighted by Crippen LogP contribution is 2.34. The number of anilines is 1. The summed E-state index contributed by atoms with van der Waals surface area (Å²) in [6.07, 6.45) is 2.16. The summed E-state index contributed by atoms with van der Waals surface area (Å²) in [7, 11) is 3.02. The van der Waals surface area contributed by atoms with Crippen molar-refractivity contribution in [1.82, 2.24) is 10.6 Å². The largest absolute Gasteiger partial charge is 0.493 e. The van der Waals surface area contributed by atoms with Crippen LogP contribution in [0, 0.1) is 5.41 Å². The van der Waals surface area contributed by atoms with E-state index in [2.05, 4.69) is 16.0 Å². The first-order valence-electron chi connectivity index (χ1n) is 8.85. The van der Waals surface area contributed by atoms with E-state index in [1.165, 1.54) is 14.2 Å². The molecular weight excluding hydrogens is 334 g/mol. The molecule has 1 aromatic carbocycles. The van der Waals surface area contributed by atoms with Crippen molar-refractivity contribution in [2.75, 3.05) is 32.6 Å². The Morgan fingerprint density at radius 3 is 2.38 bits per heavy atom. The molecular formula is C19H29N3O4. The molecule has 26 heavy (non-hydrogen) atoms. The molecule has 2 amide bonds. The second-order valence-corrected chi connectivity index (χ2v) is 7.46. The van der Waals surface area contributed by atoms with Crippen molar-refractivity contribution in [2.45, 2.75) is 39.7 Å². The van der Waals surface area contributed by atoms with Gasteiger partial charge in [-0.15, -0.1) is 0 Å². The van der Waals surface area contributed by atoms with Gasteiger partial charge in [0, 0.05) is 24.1 Å². The molecule has 1 heterocycles. The predicted octanol–water partition coefficient (Wildman–Crippen LogP) is 2.17. The van der Waals surface area contributed by atoms with E-state index in [0.29, 0.717) is 29.3 Å². The van der Waals surface area contributed by atoms with Crippen LogP contribution >= 0.6 is 0 Å². The normalized spacial score (nSPS) is 16.9. The number of amides is 2. The Morgan fingerprint density at radius 1 is 1.19 bits per heavy atom. The van der Waals surface area contributed by atoms with Crippen LogP contribution in [-0.4, -0.2) is 45.2 Å². The summed E-state index contributed by atoms with van der Waals surface area (Å²) in [6, 6.07) is 3.49. The number of hydrogen-bond donors (Lipinski definition) is 3. The molecule has 144 valence electrons. The van der Waals surface area contributed by atoms with Crippen LogP contribution in [0.25, 0.3) is 0 Å². The van der Waals surface area contributed by atoms with Gasteiger partial charge >= 0.3 is 0 Å². The van der Waals surface area contributed by atoms with Crippen molar-refractivity contribution in [2.24, 2.45) is 5.41 Å². The van der Waals surface area contributed by atoms with Crippen LogP contribution in [0.15, 0.2) is 12.1 Å². The third-order valence-corrected chi connectivity index (χ3v) is 4.37. The molecule has 1 unspecified atom stereocenters. The molecule has 7 heteroatoms. The van der Waals surface area contributed by atoms with Crippen molar-refractivity contribution in [3.8, 4) is 11.5 Å². The standard InChI is InChI=1S/C19H29N3O4/c1-19(2,3)18(24)22-14-10-16(26-5)15(25-4)9-13(14)17(23)21-11-12-7-6-8-20-12/h9-10,12,20H,6-8,11H2,1-5H3,(H,21,23)(H,22,24). The Bertz CT molecular complexity index is 661. The zero-order chi connectivity index (χ0) is 19.3. The second kappa shape index (κ2) is 8.40. The van der Waals surface area contributed by atoms with Crippen LogP contribution in [0.4, 0.5) is 5.69 Å². The van der Waals surface area contributed by atoms with Crippen LogP contribution in [0.1, 0.15) is 44.0 Å². The maximum atomic E-state index is 12.7. The second-order valence-electron chi connectivity index (χ2n) is 7.46. The van der Waals surface area contributed by atoms with Gasteiger partial charge < -0.3 is 25.4 Å². The molecule has 2 rings (SSSR count). The molecule has 1 atom stereocenters. The van der Waals surface area contributed by atoms with E-state index in [0.717, 1.165) is 19.4 Å². The highest BCUT2D eigenvalue weighted by molar-refractivity contribution is 6.05. The predicted molar refractivity (Wildman–Crippen MR) is 101 cm³/mol. The molecule has 3 N–H and O–H groups in total. The summed E-state index contributed by atoms with van der Waals surface area (Å²) in [6.45, 7) is 6.96. The van der Waals surface area contributed by atoms with Gasteiger partial charge in [-0.2, -0.15) is 0 Å². The van der Waals surface area contributed by atoms with Crippen molar-refractivity contribution in [3.05, 3.63) is 17.7 Å². The van der Waals surface area contributed by atoms with Crippen molar-refractivity contribution in [1.29, 1.82) is 0 Å². The summed E-state index contributed by atoms with van der Waals surface area (Å²) in [4.78, 5) is 25.1. The summed E-state index contributed by atoms with van der Waals surface area (Å²) in [5, 5.41) is 9.11. The van der Waals surface area contributed by atoms with Crippen LogP contribution in [-0.2, 0) is 4.79 Å². The molecule has 0 radical (unpaired) electrons. The zero-order valence-electron chi connectivity index (χ0n) is 16.2. The fourth-order valence-corrected chi connectivity index (χ4v) is 2.72. The highest BCUT2D eigenvalue weighted by Gasteiger charge is 2.25. The van der Waals surface area contributed by atoms with Gasteiger partial charge in [-0.1, -0.05) is 20.8 Å². The SMILES string of the molecule is COc1cc(NC(=O)C(C)(C)C)c(C(=O)NCC2CCCN2)cc1OC. The highest BCUT2D eigenvalue weighted by atomic mass is 16.5. The van der Waals surface area contributed by atoms with Gasteiger partial charge in [-0.05, 0) is 25.5 Å². The van der Waals surface area contributed by atoms with E-state index < -0.39 is 5.41 Å². The Hall–Kier alpha value is -2.28. The molecule has 1 aliphatic heterocycles. The first kappa shape index (κ1) is 20.0. The first-order valence-corrected chi connectivity index (χ1v) is 8.85. The fraction of sp³-hybridized carbons (Fsp3) is 0.579. The van der Waals surface area contributed by atoms with E-state index in [4.69, 9.17) is 9.47 Å². The zero-order valence-corrected chi connectivity index (χ0v) is 16.2. The number of nitrogens with one attached hydrogen (secondary N) is 3. The van der Waals surface area contributed by atoms with Crippen LogP contribution in [0.5, 0.6) is 11.5 Å². The smallest absolute Gasteiger partial charge is 0.253 e. The molecule has 0 aromatic heterocycles. The van der Waals surface area contributed by atoms with Crippen LogP contribution in [0.3, 0.4) is 0 Å². The van der Waals surface area contributed by atoms with Crippen molar-refractivity contribution < 1.29 is 19.1 Å². The molecule has 0 saturated carbocycles. The average molecular weight is 363 g/mol. The van der Waals surface area contributed by atoms with E-state index in [1.54, 1.807) is 12.1 Å². The number of hydrogen-bond acceptors (Lipinski definition) is 5. The lowest BCUT2D eigenvalue weighted by Gasteiger charge is -2.21. The lowest BCUT2D eigenvalue weighted by Crippen LogP contribution is -2.37. The van der Waals surface area contributed by atoms with E-state index in [-0.39, 0.29) is 17.9 Å². The summed E-state index contributed by atoms with van der Waals surface area (Å²) >= 11 is 0. The Morgan fingerprint density at radius 2 is 1.85 bits per heavy atom. The van der Waals surface area contributed by atoms with Gasteiger partial charge in [-0.3, -0.25) is 9.59 Å². The minimum atomic E-state index is -0.589. The van der Waals surface area contributed by atoms with Gasteiger partial charge in [0.2, 0.25) is 5.91 Å². The minimum Gasteiger partial charge on any atom is -0.493 e. The third-order valence-electron chi connectivity index (χ3n) is 4.37. The minimum absolute atomic E-state index is 0.184. The molecule has 1 aromatic rings. The fourth-order valence-electron chi connectivity index (χ4n) is 2.72. The van der Waals surface area contributed by atoms with Gasteiger partial charge in [0.05, 0.1) is 25.5 Å². The lowest BCUT2D eigenvalue weighted by molar-refractivity contribution is -0.123. The summed E-state index contributed by atoms with van der Waals surface area (Å²) < 4.78 is 10.6. The van der Waals surface area contributed by atoms with Crippen LogP contribution in [0.2, 0.25) is 0 Å². The molecule has 1 saturated heterocycles. The molecule has 1 aliphatic rings. The lowest BCUT2D eigenvalue weighted by atomic mass is 9.95. The molecule has 0 bridgehead atoms. The average Bonchev–Trinajstić information content (AvgIpc) is 3.11. The maximum Gasteiger partial charge on any atom is 0.253 e. The van der Waals surface area contributed by atoms with Gasteiger partial charge in [0.15, 0.2) is 11.5 Å². The van der Waals surface area contributed by atoms with Crippen LogP contribution < -0.4 is 25.4 Å². The molecule has 0 aliphatic carbocycles. The Balaban J connectivity index is 2.27. The summed E-state index contributed by atoms with van der Waals surface area (Å²) in [5.74, 6) is 0.441. The maximum absolute atomic E-state index is 12.7. The van der Waals surface area contributed by atoms with Crippen molar-refractivity contribution in [3.63, 3.8) is 0 Å². The number of rotatable bonds is 6. The number of benzene rings is 1. The molecule has 1 fully saturated rings. The Kier molecular flexibility index (Phi) is 6.47. The number of methoxy groups -OCH3 is 2. The third kappa shape index (κ3) is 4.88. The topological polar surface area (TPSA) is 88.7 Å². The quantitative estimate of drug-likeness (QED) is 0.721. The monoisotopic (exact) mass is 363 g/mol. The van der Waals surface area contributed by atoms with Gasteiger partial charge in [0.25, 0.3) is 5.91 Å². The molecule has 7 nitrogen and oxygen atoms in total. The van der Waals surface area contributed by atoms with E-state index in [1.807, 2.05) is 20.8 Å². The van der Waals surface area contributed by atoms with E-state index >= 15 is 0 Å². The Labute approximate surface area is 154 Å². The molecule has 0 spiro atoms. The van der Waals surface area contributed by atoms with Gasteiger partial charge in [0.1, 0.15) is 0 Å². The first-order chi connectivity index (χ1) is 12.3. The number of carbonyl (C=O) groups is 2. The van der Waals surface area contributed by atoms with Crippen molar-refractivity contribution >= 4 is 17.5 Å². The summed E-state index contributed by atoms with van der Waals surface area (Å²) in [5.41, 5.74) is 0.159. The van der Waals surface area contributed by atoms with E-state index in [9.17, 15) is 9.59 Å². The van der Waals surface area contributed by atoms with Gasteiger partial charge in [-0.25, -0.2) is 0 Å². The number of carbonyl (C=O) groups excluding carboxylic acids is 2.